The predicted molar refractivity (Wildman–Crippen MR) is 87.7 cm³/mol. The number of nitrogens with one attached hydrogen (secondary N) is 1. The molecule has 114 valence electrons. The average Bonchev–Trinajstić information content (AvgIpc) is 2.84. The third kappa shape index (κ3) is 3.03. The summed E-state index contributed by atoms with van der Waals surface area (Å²) in [6.45, 7) is 1.79. The Morgan fingerprint density at radius 1 is 1.50 bits per heavy atom. The molecule has 2 aromatic rings. The van der Waals surface area contributed by atoms with Gasteiger partial charge in [-0.25, -0.2) is 4.98 Å². The van der Waals surface area contributed by atoms with E-state index in [2.05, 4.69) is 10.3 Å². The van der Waals surface area contributed by atoms with Crippen molar-refractivity contribution in [2.45, 2.75) is 24.5 Å². The van der Waals surface area contributed by atoms with Gasteiger partial charge >= 0.3 is 0 Å². The maximum absolute atomic E-state index is 12.2. The van der Waals surface area contributed by atoms with Crippen LogP contribution in [0, 0.1) is 6.92 Å². The van der Waals surface area contributed by atoms with E-state index in [0.717, 1.165) is 0 Å². The molecule has 1 unspecified atom stereocenters. The van der Waals surface area contributed by atoms with Gasteiger partial charge in [0, 0.05) is 23.9 Å². The molecule has 0 saturated carbocycles. The van der Waals surface area contributed by atoms with Crippen molar-refractivity contribution in [1.82, 2.24) is 9.55 Å². The summed E-state index contributed by atoms with van der Waals surface area (Å²) >= 11 is 7.53. The Morgan fingerprint density at radius 3 is 3.05 bits per heavy atom. The molecule has 5 nitrogen and oxygen atoms in total. The van der Waals surface area contributed by atoms with Gasteiger partial charge < -0.3 is 5.32 Å². The lowest BCUT2D eigenvalue weighted by Crippen LogP contribution is -2.27. The van der Waals surface area contributed by atoms with Gasteiger partial charge in [0.05, 0.1) is 16.8 Å². The smallest absolute Gasteiger partial charge is 0.254 e. The van der Waals surface area contributed by atoms with Gasteiger partial charge in [-0.15, -0.1) is 0 Å². The highest BCUT2D eigenvalue weighted by molar-refractivity contribution is 7.99. The molecule has 1 N–H and O–H groups in total. The van der Waals surface area contributed by atoms with Crippen molar-refractivity contribution in [2.24, 2.45) is 0 Å². The molecule has 1 atom stereocenters. The molecular weight excluding hydrogens is 322 g/mol. The highest BCUT2D eigenvalue weighted by Gasteiger charge is 2.27. The molecule has 1 amide bonds. The van der Waals surface area contributed by atoms with E-state index in [1.54, 1.807) is 35.8 Å². The van der Waals surface area contributed by atoms with Crippen molar-refractivity contribution < 1.29 is 4.79 Å². The number of thioether (sulfide) groups is 1. The summed E-state index contributed by atoms with van der Waals surface area (Å²) < 4.78 is 1.60. The second kappa shape index (κ2) is 6.14. The van der Waals surface area contributed by atoms with E-state index >= 15 is 0 Å². The lowest BCUT2D eigenvalue weighted by atomic mass is 10.2. The van der Waals surface area contributed by atoms with Gasteiger partial charge in [-0.3, -0.25) is 14.2 Å². The topological polar surface area (TPSA) is 64.0 Å². The number of anilines is 1. The summed E-state index contributed by atoms with van der Waals surface area (Å²) in [5, 5.41) is 3.96. The fourth-order valence-electron chi connectivity index (χ4n) is 2.39. The lowest BCUT2D eigenvalue weighted by Gasteiger charge is -2.13. The maximum Gasteiger partial charge on any atom is 0.254 e. The Bertz CT molecular complexity index is 791. The van der Waals surface area contributed by atoms with Crippen LogP contribution >= 0.6 is 23.4 Å². The molecule has 1 aliphatic heterocycles. The molecule has 0 spiro atoms. The first-order chi connectivity index (χ1) is 10.5. The monoisotopic (exact) mass is 335 g/mol. The number of aromatic nitrogens is 2. The zero-order valence-corrected chi connectivity index (χ0v) is 13.4. The molecule has 1 aliphatic rings. The predicted octanol–water partition coefficient (Wildman–Crippen LogP) is 2.88. The lowest BCUT2D eigenvalue weighted by molar-refractivity contribution is -0.116. The van der Waals surface area contributed by atoms with Gasteiger partial charge in [0.25, 0.3) is 5.56 Å². The third-order valence-electron chi connectivity index (χ3n) is 3.39. The summed E-state index contributed by atoms with van der Waals surface area (Å²) in [5.74, 6) is 0.501. The van der Waals surface area contributed by atoms with Gasteiger partial charge in [0.2, 0.25) is 5.91 Å². The number of carbonyl (C=O) groups excluding carboxylic acids is 1. The molecule has 0 fully saturated rings. The molecule has 22 heavy (non-hydrogen) atoms. The Hall–Kier alpha value is -1.79. The number of nitrogens with zero attached hydrogens (tertiary/aromatic N) is 2. The van der Waals surface area contributed by atoms with Gasteiger partial charge in [0.15, 0.2) is 5.16 Å². The minimum Gasteiger partial charge on any atom is -0.325 e. The van der Waals surface area contributed by atoms with Crippen LogP contribution in [0.2, 0.25) is 5.02 Å². The van der Waals surface area contributed by atoms with Crippen molar-refractivity contribution in [1.29, 1.82) is 0 Å². The number of amides is 1. The van der Waals surface area contributed by atoms with Crippen molar-refractivity contribution in [2.75, 3.05) is 11.1 Å². The van der Waals surface area contributed by atoms with E-state index in [-0.39, 0.29) is 23.9 Å². The summed E-state index contributed by atoms with van der Waals surface area (Å²) in [6.07, 6.45) is 0.218. The molecule has 1 aromatic carbocycles. The molecule has 7 heteroatoms. The summed E-state index contributed by atoms with van der Waals surface area (Å²) in [7, 11) is 0. The zero-order chi connectivity index (χ0) is 15.7. The Kier molecular flexibility index (Phi) is 4.22. The van der Waals surface area contributed by atoms with Crippen LogP contribution in [0.1, 0.15) is 18.2 Å². The van der Waals surface area contributed by atoms with Crippen molar-refractivity contribution in [3.05, 3.63) is 51.4 Å². The molecule has 3 rings (SSSR count). The van der Waals surface area contributed by atoms with Crippen LogP contribution < -0.4 is 10.9 Å². The van der Waals surface area contributed by atoms with E-state index < -0.39 is 0 Å². The number of aryl methyl sites for hydroxylation is 1. The third-order valence-corrected chi connectivity index (χ3v) is 4.81. The summed E-state index contributed by atoms with van der Waals surface area (Å²) in [6, 6.07) is 8.38. The average molecular weight is 336 g/mol. The number of para-hydroxylation sites is 1. The number of benzene rings is 1. The van der Waals surface area contributed by atoms with Gasteiger partial charge in [-0.05, 0) is 19.1 Å². The number of rotatable bonds is 3. The molecular formula is C15H14ClN3O2S. The highest BCUT2D eigenvalue weighted by Crippen LogP contribution is 2.32. The van der Waals surface area contributed by atoms with Crippen LogP contribution in [-0.2, 0) is 4.79 Å². The molecule has 0 saturated heterocycles. The van der Waals surface area contributed by atoms with E-state index in [9.17, 15) is 9.59 Å². The highest BCUT2D eigenvalue weighted by atomic mass is 35.5. The molecule has 2 heterocycles. The minimum absolute atomic E-state index is 0.108. The first kappa shape index (κ1) is 15.1. The van der Waals surface area contributed by atoms with Gasteiger partial charge in [-0.1, -0.05) is 35.5 Å². The van der Waals surface area contributed by atoms with Crippen LogP contribution in [0.3, 0.4) is 0 Å². The molecule has 0 bridgehead atoms. The van der Waals surface area contributed by atoms with E-state index in [1.165, 1.54) is 17.8 Å². The number of fused-ring (bicyclic) bond motifs is 1. The second-order valence-corrected chi connectivity index (χ2v) is 6.48. The zero-order valence-electron chi connectivity index (χ0n) is 11.9. The van der Waals surface area contributed by atoms with Crippen LogP contribution in [0.15, 0.2) is 40.3 Å². The number of carbonyl (C=O) groups is 1. The van der Waals surface area contributed by atoms with Crippen LogP contribution in [-0.4, -0.2) is 21.2 Å². The van der Waals surface area contributed by atoms with Crippen molar-refractivity contribution in [3.63, 3.8) is 0 Å². The van der Waals surface area contributed by atoms with Crippen molar-refractivity contribution in [3.8, 4) is 0 Å². The second-order valence-electron chi connectivity index (χ2n) is 5.09. The Balaban J connectivity index is 1.75. The van der Waals surface area contributed by atoms with Crippen LogP contribution in [0.5, 0.6) is 0 Å². The maximum atomic E-state index is 12.2. The normalized spacial score (nSPS) is 16.4. The first-order valence-corrected chi connectivity index (χ1v) is 8.18. The fraction of sp³-hybridized carbons (Fsp3) is 0.267. The summed E-state index contributed by atoms with van der Waals surface area (Å²) in [5.41, 5.74) is 1.17. The molecule has 1 aromatic heterocycles. The number of hydrogen-bond donors (Lipinski definition) is 1. The van der Waals surface area contributed by atoms with E-state index in [0.29, 0.717) is 27.3 Å². The summed E-state index contributed by atoms with van der Waals surface area (Å²) in [4.78, 5) is 28.6. The van der Waals surface area contributed by atoms with Crippen LogP contribution in [0.25, 0.3) is 0 Å². The number of hydrogen-bond acceptors (Lipinski definition) is 4. The minimum atomic E-state index is -0.178. The van der Waals surface area contributed by atoms with E-state index in [1.807, 2.05) is 0 Å². The standard InChI is InChI=1S/C15H14ClN3O2S/c1-9-6-14(21)19-10(8-22-15(19)17-9)7-13(20)18-12-5-3-2-4-11(12)16/h2-6,10H,7-8H2,1H3,(H,18,20). The van der Waals surface area contributed by atoms with Crippen molar-refractivity contribution >= 4 is 35.0 Å². The molecule has 0 radical (unpaired) electrons. The van der Waals surface area contributed by atoms with Gasteiger partial charge in [0.1, 0.15) is 0 Å². The quantitative estimate of drug-likeness (QED) is 0.876. The Labute approximate surface area is 136 Å². The van der Waals surface area contributed by atoms with E-state index in [4.69, 9.17) is 11.6 Å². The van der Waals surface area contributed by atoms with Gasteiger partial charge in [-0.2, -0.15) is 0 Å². The largest absolute Gasteiger partial charge is 0.325 e. The SMILES string of the molecule is Cc1cc(=O)n2c(n1)SCC2CC(=O)Nc1ccccc1Cl. The molecule has 0 aliphatic carbocycles. The Morgan fingerprint density at radius 2 is 2.27 bits per heavy atom. The fourth-order valence-corrected chi connectivity index (χ4v) is 3.77. The first-order valence-electron chi connectivity index (χ1n) is 6.82. The van der Waals surface area contributed by atoms with Crippen LogP contribution in [0.4, 0.5) is 5.69 Å². The number of halogens is 1.